The molecule has 0 aliphatic heterocycles. The van der Waals surface area contributed by atoms with E-state index in [2.05, 4.69) is 25.9 Å². The summed E-state index contributed by atoms with van der Waals surface area (Å²) in [4.78, 5) is 0. The smallest absolute Gasteiger partial charge is 0.188 e. The van der Waals surface area contributed by atoms with Crippen LogP contribution in [0.25, 0.3) is 0 Å². The van der Waals surface area contributed by atoms with Gasteiger partial charge in [-0.1, -0.05) is 22.9 Å². The highest BCUT2D eigenvalue weighted by Gasteiger charge is 2.02. The van der Waals surface area contributed by atoms with Gasteiger partial charge in [0.1, 0.15) is 5.82 Å². The van der Waals surface area contributed by atoms with E-state index in [1.165, 1.54) is 6.07 Å². The predicted molar refractivity (Wildman–Crippen MR) is 55.9 cm³/mol. The summed E-state index contributed by atoms with van der Waals surface area (Å²) in [5.74, 6) is 0.360. The Morgan fingerprint density at radius 2 is 2.25 bits per heavy atom. The van der Waals surface area contributed by atoms with E-state index in [1.54, 1.807) is 6.07 Å². The summed E-state index contributed by atoms with van der Waals surface area (Å²) in [6.07, 6.45) is 0. The van der Waals surface area contributed by atoms with Crippen LogP contribution in [0, 0.1) is 12.7 Å². The van der Waals surface area contributed by atoms with Crippen molar-refractivity contribution in [1.82, 2.24) is 25.9 Å². The molecule has 0 fully saturated rings. The first kappa shape index (κ1) is 10.7. The van der Waals surface area contributed by atoms with Crippen molar-refractivity contribution in [3.8, 4) is 0 Å². The van der Waals surface area contributed by atoms with Crippen molar-refractivity contribution in [2.24, 2.45) is 0 Å². The van der Waals surface area contributed by atoms with E-state index in [4.69, 9.17) is 0 Å². The molecule has 0 unspecified atom stereocenters. The first-order chi connectivity index (χ1) is 7.75. The van der Waals surface area contributed by atoms with Gasteiger partial charge in [0, 0.05) is 12.1 Å². The molecule has 0 amide bonds. The number of aryl methyl sites for hydroxylation is 1. The highest BCUT2D eigenvalue weighted by molar-refractivity contribution is 5.23. The molecule has 0 spiro atoms. The van der Waals surface area contributed by atoms with Crippen molar-refractivity contribution in [3.63, 3.8) is 0 Å². The second kappa shape index (κ2) is 4.80. The van der Waals surface area contributed by atoms with Gasteiger partial charge in [0.25, 0.3) is 0 Å². The Labute approximate surface area is 92.1 Å². The largest absolute Gasteiger partial charge is 0.305 e. The van der Waals surface area contributed by atoms with E-state index in [0.717, 1.165) is 5.56 Å². The van der Waals surface area contributed by atoms with Gasteiger partial charge in [0.05, 0.1) is 6.54 Å². The van der Waals surface area contributed by atoms with Gasteiger partial charge < -0.3 is 5.32 Å². The van der Waals surface area contributed by atoms with E-state index in [-0.39, 0.29) is 5.82 Å². The molecule has 2 rings (SSSR count). The Bertz CT molecular complexity index is 454. The molecule has 0 atom stereocenters. The molecule has 84 valence electrons. The lowest BCUT2D eigenvalue weighted by Crippen LogP contribution is -2.14. The Morgan fingerprint density at radius 3 is 3.00 bits per heavy atom. The lowest BCUT2D eigenvalue weighted by atomic mass is 10.1. The molecule has 0 aliphatic rings. The number of aromatic nitrogens is 4. The third-order valence-electron chi connectivity index (χ3n) is 2.19. The van der Waals surface area contributed by atoms with Crippen LogP contribution in [0.4, 0.5) is 4.39 Å². The number of halogens is 1. The molecule has 1 aromatic heterocycles. The summed E-state index contributed by atoms with van der Waals surface area (Å²) in [5.41, 5.74) is 1.68. The van der Waals surface area contributed by atoms with Crippen molar-refractivity contribution >= 4 is 0 Å². The Morgan fingerprint density at radius 1 is 1.38 bits per heavy atom. The van der Waals surface area contributed by atoms with Gasteiger partial charge >= 0.3 is 0 Å². The van der Waals surface area contributed by atoms with Crippen LogP contribution in [0.5, 0.6) is 0 Å². The van der Waals surface area contributed by atoms with Crippen LogP contribution < -0.4 is 5.32 Å². The van der Waals surface area contributed by atoms with Gasteiger partial charge in [-0.15, -0.1) is 10.2 Å². The third-order valence-corrected chi connectivity index (χ3v) is 2.19. The molecule has 0 aliphatic carbocycles. The Kier molecular flexibility index (Phi) is 3.21. The molecule has 16 heavy (non-hydrogen) atoms. The SMILES string of the molecule is Cc1ccc(F)c(CNCc2nn[nH]n2)c1. The number of tetrazole rings is 1. The standard InChI is InChI=1S/C10H12FN5/c1-7-2-3-9(11)8(4-7)5-12-6-10-13-15-16-14-10/h2-4,12H,5-6H2,1H3,(H,13,14,15,16). The van der Waals surface area contributed by atoms with Gasteiger partial charge in [-0.25, -0.2) is 4.39 Å². The normalized spacial score (nSPS) is 10.6. The molecule has 1 aromatic carbocycles. The van der Waals surface area contributed by atoms with Crippen LogP contribution >= 0.6 is 0 Å². The summed E-state index contributed by atoms with van der Waals surface area (Å²) in [5, 5.41) is 16.4. The number of H-pyrrole nitrogens is 1. The van der Waals surface area contributed by atoms with E-state index in [0.29, 0.717) is 24.5 Å². The number of hydrogen-bond acceptors (Lipinski definition) is 4. The Hall–Kier alpha value is -1.82. The molecule has 0 saturated heterocycles. The maximum absolute atomic E-state index is 13.3. The summed E-state index contributed by atoms with van der Waals surface area (Å²) in [6, 6.07) is 5.04. The maximum atomic E-state index is 13.3. The fraction of sp³-hybridized carbons (Fsp3) is 0.300. The number of hydrogen-bond donors (Lipinski definition) is 2. The van der Waals surface area contributed by atoms with Gasteiger partial charge in [-0.3, -0.25) is 0 Å². The van der Waals surface area contributed by atoms with Crippen LogP contribution in [0.2, 0.25) is 0 Å². The van der Waals surface area contributed by atoms with Crippen molar-refractivity contribution in [1.29, 1.82) is 0 Å². The average molecular weight is 221 g/mol. The van der Waals surface area contributed by atoms with Crippen LogP contribution in [0.3, 0.4) is 0 Å². The zero-order chi connectivity index (χ0) is 11.4. The molecule has 0 radical (unpaired) electrons. The number of rotatable bonds is 4. The molecule has 2 aromatic rings. The van der Waals surface area contributed by atoms with Crippen LogP contribution in [-0.4, -0.2) is 20.6 Å². The predicted octanol–water partition coefficient (Wildman–Crippen LogP) is 0.937. The molecule has 0 bridgehead atoms. The van der Waals surface area contributed by atoms with Gasteiger partial charge in [-0.2, -0.15) is 5.21 Å². The van der Waals surface area contributed by atoms with Crippen molar-refractivity contribution in [3.05, 3.63) is 41.0 Å². The number of nitrogens with one attached hydrogen (secondary N) is 2. The number of aromatic amines is 1. The molecule has 5 nitrogen and oxygen atoms in total. The summed E-state index contributed by atoms with van der Waals surface area (Å²) < 4.78 is 13.3. The number of benzene rings is 1. The lowest BCUT2D eigenvalue weighted by Gasteiger charge is -2.04. The first-order valence-corrected chi connectivity index (χ1v) is 4.94. The fourth-order valence-corrected chi connectivity index (χ4v) is 1.41. The second-order valence-electron chi connectivity index (χ2n) is 3.53. The molecular formula is C10H12FN5. The van der Waals surface area contributed by atoms with Crippen molar-refractivity contribution in [2.45, 2.75) is 20.0 Å². The molecule has 6 heteroatoms. The third kappa shape index (κ3) is 2.60. The van der Waals surface area contributed by atoms with E-state index >= 15 is 0 Å². The minimum absolute atomic E-state index is 0.203. The lowest BCUT2D eigenvalue weighted by molar-refractivity contribution is 0.582. The first-order valence-electron chi connectivity index (χ1n) is 4.94. The van der Waals surface area contributed by atoms with E-state index in [1.807, 2.05) is 13.0 Å². The zero-order valence-corrected chi connectivity index (χ0v) is 8.87. The fourth-order valence-electron chi connectivity index (χ4n) is 1.41. The van der Waals surface area contributed by atoms with Gasteiger partial charge in [0.2, 0.25) is 0 Å². The van der Waals surface area contributed by atoms with Gasteiger partial charge in [-0.05, 0) is 13.0 Å². The molecular weight excluding hydrogens is 209 g/mol. The van der Waals surface area contributed by atoms with E-state index < -0.39 is 0 Å². The summed E-state index contributed by atoms with van der Waals surface area (Å²) in [7, 11) is 0. The summed E-state index contributed by atoms with van der Waals surface area (Å²) in [6.45, 7) is 2.84. The highest BCUT2D eigenvalue weighted by Crippen LogP contribution is 2.09. The highest BCUT2D eigenvalue weighted by atomic mass is 19.1. The second-order valence-corrected chi connectivity index (χ2v) is 3.53. The van der Waals surface area contributed by atoms with Crippen LogP contribution in [0.15, 0.2) is 18.2 Å². The zero-order valence-electron chi connectivity index (χ0n) is 8.87. The minimum atomic E-state index is -0.203. The minimum Gasteiger partial charge on any atom is -0.305 e. The molecule has 1 heterocycles. The maximum Gasteiger partial charge on any atom is 0.188 e. The molecule has 0 saturated carbocycles. The number of nitrogens with zero attached hydrogens (tertiary/aromatic N) is 3. The monoisotopic (exact) mass is 221 g/mol. The van der Waals surface area contributed by atoms with Crippen LogP contribution in [-0.2, 0) is 13.1 Å². The topological polar surface area (TPSA) is 66.5 Å². The summed E-state index contributed by atoms with van der Waals surface area (Å²) >= 11 is 0. The van der Waals surface area contributed by atoms with Gasteiger partial charge in [0.15, 0.2) is 5.82 Å². The van der Waals surface area contributed by atoms with E-state index in [9.17, 15) is 4.39 Å². The Balaban J connectivity index is 1.92. The van der Waals surface area contributed by atoms with Crippen LogP contribution in [0.1, 0.15) is 17.0 Å². The quantitative estimate of drug-likeness (QED) is 0.806. The van der Waals surface area contributed by atoms with Crippen molar-refractivity contribution in [2.75, 3.05) is 0 Å². The average Bonchev–Trinajstić information content (AvgIpc) is 2.76. The molecule has 2 N–H and O–H groups in total. The van der Waals surface area contributed by atoms with Crippen molar-refractivity contribution < 1.29 is 4.39 Å².